The minimum absolute atomic E-state index is 0.129. The fourth-order valence-electron chi connectivity index (χ4n) is 3.38. The summed E-state index contributed by atoms with van der Waals surface area (Å²) in [6.45, 7) is 11.6. The molecule has 8 nitrogen and oxygen atoms in total. The zero-order chi connectivity index (χ0) is 25.4. The maximum Gasteiger partial charge on any atom is 0.308 e. The van der Waals surface area contributed by atoms with Gasteiger partial charge in [-0.25, -0.2) is 9.97 Å². The van der Waals surface area contributed by atoms with E-state index in [1.807, 2.05) is 37.3 Å². The Hall–Kier alpha value is -3.94. The second-order valence-corrected chi connectivity index (χ2v) is 9.37. The van der Waals surface area contributed by atoms with Crippen molar-refractivity contribution < 1.29 is 14.3 Å². The van der Waals surface area contributed by atoms with Crippen LogP contribution in [0.2, 0.25) is 0 Å². The molecule has 0 aliphatic heterocycles. The van der Waals surface area contributed by atoms with E-state index in [-0.39, 0.29) is 41.4 Å². The number of benzene rings is 1. The molecule has 0 aliphatic carbocycles. The highest BCUT2D eigenvalue weighted by Crippen LogP contribution is 2.23. The summed E-state index contributed by atoms with van der Waals surface area (Å²) in [7, 11) is 0. The maximum atomic E-state index is 12.8. The van der Waals surface area contributed by atoms with Crippen molar-refractivity contribution in [2.24, 2.45) is 0 Å². The number of hydrogen-bond acceptors (Lipinski definition) is 6. The molecule has 3 aromatic rings. The fourth-order valence-corrected chi connectivity index (χ4v) is 3.38. The van der Waals surface area contributed by atoms with Gasteiger partial charge in [-0.15, -0.1) is 6.58 Å². The van der Waals surface area contributed by atoms with Crippen LogP contribution < -0.4 is 21.0 Å². The lowest BCUT2D eigenvalue weighted by Crippen LogP contribution is -2.38. The van der Waals surface area contributed by atoms with Crippen LogP contribution in [0.1, 0.15) is 63.9 Å². The third-order valence-corrected chi connectivity index (χ3v) is 5.14. The summed E-state index contributed by atoms with van der Waals surface area (Å²) >= 11 is 0. The van der Waals surface area contributed by atoms with E-state index >= 15 is 0 Å². The number of ether oxygens (including phenoxy) is 2. The van der Waals surface area contributed by atoms with E-state index in [0.29, 0.717) is 17.5 Å². The molecule has 0 saturated heterocycles. The van der Waals surface area contributed by atoms with Gasteiger partial charge in [0.2, 0.25) is 12.7 Å². The normalized spacial score (nSPS) is 12.6. The molecule has 0 bridgehead atoms. The molecule has 0 spiro atoms. The lowest BCUT2D eigenvalue weighted by atomic mass is 9.90. The second kappa shape index (κ2) is 11.5. The Bertz CT molecular complexity index is 1350. The zero-order valence-electron chi connectivity index (χ0n) is 20.7. The Morgan fingerprint density at radius 3 is 2.57 bits per heavy atom. The summed E-state index contributed by atoms with van der Waals surface area (Å²) in [6, 6.07) is 9.38. The first-order valence-corrected chi connectivity index (χ1v) is 11.5. The smallest absolute Gasteiger partial charge is 0.308 e. The molecule has 0 saturated carbocycles. The molecule has 0 aliphatic rings. The molecule has 184 valence electrons. The Kier molecular flexibility index (Phi) is 8.41. The number of H-pyrrole nitrogens is 2. The molecule has 0 radical (unpaired) electrons. The number of esters is 1. The van der Waals surface area contributed by atoms with Gasteiger partial charge in [0.05, 0.1) is 12.0 Å². The molecule has 0 unspecified atom stereocenters. The number of aromatic amines is 2. The van der Waals surface area contributed by atoms with E-state index in [1.54, 1.807) is 18.5 Å². The quantitative estimate of drug-likeness (QED) is 0.279. The second-order valence-electron chi connectivity index (χ2n) is 9.37. The van der Waals surface area contributed by atoms with Gasteiger partial charge in [-0.05, 0) is 37.5 Å². The van der Waals surface area contributed by atoms with Crippen LogP contribution in [0, 0.1) is 0 Å². The predicted octanol–water partition coefficient (Wildman–Crippen LogP) is 3.07. The number of carbonyl (C=O) groups is 1. The Morgan fingerprint density at radius 1 is 1.14 bits per heavy atom. The van der Waals surface area contributed by atoms with Crippen molar-refractivity contribution in [3.05, 3.63) is 86.8 Å². The van der Waals surface area contributed by atoms with Gasteiger partial charge in [-0.3, -0.25) is 9.59 Å². The Balaban J connectivity index is 1.94. The van der Waals surface area contributed by atoms with Crippen molar-refractivity contribution in [3.63, 3.8) is 0 Å². The molecule has 3 rings (SSSR count). The van der Waals surface area contributed by atoms with Crippen LogP contribution in [0.15, 0.2) is 53.6 Å². The predicted molar refractivity (Wildman–Crippen MR) is 135 cm³/mol. The topological polar surface area (TPSA) is 110 Å². The summed E-state index contributed by atoms with van der Waals surface area (Å²) in [5.41, 5.74) is 2.81. The van der Waals surface area contributed by atoms with Crippen molar-refractivity contribution >= 4 is 18.1 Å². The van der Waals surface area contributed by atoms with Crippen molar-refractivity contribution in [3.8, 4) is 5.88 Å². The van der Waals surface area contributed by atoms with Gasteiger partial charge in [0.25, 0.3) is 5.56 Å². The van der Waals surface area contributed by atoms with Gasteiger partial charge < -0.3 is 19.4 Å². The average Bonchev–Trinajstić information content (AvgIpc) is 3.26. The molecule has 1 aromatic carbocycles. The first-order valence-electron chi connectivity index (χ1n) is 11.5. The van der Waals surface area contributed by atoms with E-state index in [4.69, 9.17) is 9.47 Å². The lowest BCUT2D eigenvalue weighted by Gasteiger charge is -2.17. The van der Waals surface area contributed by atoms with E-state index in [0.717, 1.165) is 23.3 Å². The van der Waals surface area contributed by atoms with Crippen molar-refractivity contribution in [1.82, 2.24) is 19.9 Å². The van der Waals surface area contributed by atoms with Gasteiger partial charge in [-0.1, -0.05) is 56.7 Å². The van der Waals surface area contributed by atoms with Crippen LogP contribution in [0.25, 0.3) is 12.2 Å². The van der Waals surface area contributed by atoms with E-state index in [2.05, 4.69) is 47.3 Å². The zero-order valence-corrected chi connectivity index (χ0v) is 20.7. The SMILES string of the molecule is C=C(C)CCCC(=O)OCOc1n/c(=C\c2ccccc2)c(=O)[nH]/c1=C\c1nc[nH]c1C(C)(C)C. The lowest BCUT2D eigenvalue weighted by molar-refractivity contribution is -0.150. The van der Waals surface area contributed by atoms with Crippen molar-refractivity contribution in [2.45, 2.75) is 52.4 Å². The molecule has 8 heteroatoms. The van der Waals surface area contributed by atoms with Gasteiger partial charge in [0.15, 0.2) is 0 Å². The summed E-state index contributed by atoms with van der Waals surface area (Å²) in [5.74, 6) is -0.246. The van der Waals surface area contributed by atoms with Gasteiger partial charge in [-0.2, -0.15) is 0 Å². The number of hydrogen-bond donors (Lipinski definition) is 2. The van der Waals surface area contributed by atoms with Crippen LogP contribution in [-0.4, -0.2) is 32.7 Å². The number of nitrogens with one attached hydrogen (secondary N) is 2. The molecule has 0 amide bonds. The molecule has 35 heavy (non-hydrogen) atoms. The fraction of sp³-hybridized carbons (Fsp3) is 0.333. The standard InChI is InChI=1S/C27H32N4O4/c1-18(2)10-9-13-23(32)34-17-35-26-22(15-20-24(27(3,4)5)29-16-28-20)30-25(33)21(31-26)14-19-11-7-6-8-12-19/h6-8,11-12,14-16H,1,9-10,13,17H2,2-5H3,(H,28,29)(H,30,33)/b21-14-,22-15-. The molecule has 0 atom stereocenters. The van der Waals surface area contributed by atoms with Gasteiger partial charge in [0, 0.05) is 17.5 Å². The Labute approximate surface area is 204 Å². The summed E-state index contributed by atoms with van der Waals surface area (Å²) in [6.07, 6.45) is 6.65. The Morgan fingerprint density at radius 2 is 1.89 bits per heavy atom. The van der Waals surface area contributed by atoms with Crippen LogP contribution in [0.4, 0.5) is 0 Å². The molecular weight excluding hydrogens is 444 g/mol. The number of rotatable bonds is 9. The van der Waals surface area contributed by atoms with Crippen molar-refractivity contribution in [1.29, 1.82) is 0 Å². The highest BCUT2D eigenvalue weighted by molar-refractivity contribution is 5.69. The van der Waals surface area contributed by atoms with Crippen molar-refractivity contribution in [2.75, 3.05) is 6.79 Å². The number of aromatic nitrogens is 4. The third kappa shape index (κ3) is 7.53. The third-order valence-electron chi connectivity index (χ3n) is 5.14. The molecular formula is C27H32N4O4. The molecule has 2 heterocycles. The monoisotopic (exact) mass is 476 g/mol. The van der Waals surface area contributed by atoms with Crippen LogP contribution >= 0.6 is 0 Å². The summed E-state index contributed by atoms with van der Waals surface area (Å²) in [4.78, 5) is 39.6. The number of imidazole rings is 1. The summed E-state index contributed by atoms with van der Waals surface area (Å²) < 4.78 is 10.9. The minimum atomic E-state index is -0.378. The van der Waals surface area contributed by atoms with Gasteiger partial charge >= 0.3 is 5.97 Å². The van der Waals surface area contributed by atoms with Crippen LogP contribution in [-0.2, 0) is 14.9 Å². The average molecular weight is 477 g/mol. The number of allylic oxidation sites excluding steroid dienone is 1. The summed E-state index contributed by atoms with van der Waals surface area (Å²) in [5, 5.41) is 0.505. The minimum Gasteiger partial charge on any atom is -0.438 e. The first-order chi connectivity index (χ1) is 16.6. The number of carbonyl (C=O) groups excluding carboxylic acids is 1. The van der Waals surface area contributed by atoms with E-state index in [1.165, 1.54) is 0 Å². The van der Waals surface area contributed by atoms with E-state index in [9.17, 15) is 9.59 Å². The number of nitrogens with zero attached hydrogens (tertiary/aromatic N) is 2. The highest BCUT2D eigenvalue weighted by Gasteiger charge is 2.19. The van der Waals surface area contributed by atoms with Gasteiger partial charge in [0.1, 0.15) is 10.7 Å². The maximum absolute atomic E-state index is 12.8. The van der Waals surface area contributed by atoms with E-state index < -0.39 is 0 Å². The molecule has 2 aromatic heterocycles. The molecule has 2 N–H and O–H groups in total. The van der Waals surface area contributed by atoms with Crippen LogP contribution in [0.5, 0.6) is 5.88 Å². The van der Waals surface area contributed by atoms with Crippen LogP contribution in [0.3, 0.4) is 0 Å². The highest BCUT2D eigenvalue weighted by atomic mass is 16.7. The molecule has 0 fully saturated rings. The largest absolute Gasteiger partial charge is 0.438 e. The first kappa shape index (κ1) is 25.7.